The monoisotopic (exact) mass is 224 g/mol. The Kier molecular flexibility index (Phi) is 5.24. The summed E-state index contributed by atoms with van der Waals surface area (Å²) in [6.07, 6.45) is 5.15. The zero-order chi connectivity index (χ0) is 12.0. The smallest absolute Gasteiger partial charge is 0.111 e. The fourth-order valence-corrected chi connectivity index (χ4v) is 2.30. The maximum Gasteiger partial charge on any atom is 0.111 e. The number of nitriles is 1. The average molecular weight is 224 g/mol. The van der Waals surface area contributed by atoms with E-state index >= 15 is 0 Å². The van der Waals surface area contributed by atoms with E-state index in [0.29, 0.717) is 12.6 Å². The van der Waals surface area contributed by atoms with Crippen molar-refractivity contribution in [2.75, 3.05) is 6.61 Å². The molecule has 0 aromatic heterocycles. The molecule has 0 aromatic carbocycles. The molecular formula is C13H24N2O. The molecule has 1 heterocycles. The maximum atomic E-state index is 9.40. The average Bonchev–Trinajstić information content (AvgIpc) is 2.30. The first-order valence-corrected chi connectivity index (χ1v) is 6.46. The van der Waals surface area contributed by atoms with E-state index in [9.17, 15) is 5.26 Å². The summed E-state index contributed by atoms with van der Waals surface area (Å²) in [6.45, 7) is 7.16. The van der Waals surface area contributed by atoms with Gasteiger partial charge in [0.1, 0.15) is 5.54 Å². The number of rotatable bonds is 5. The first kappa shape index (κ1) is 13.5. The summed E-state index contributed by atoms with van der Waals surface area (Å²) in [4.78, 5) is 0. The minimum absolute atomic E-state index is 0.259. The van der Waals surface area contributed by atoms with Gasteiger partial charge in [0.05, 0.1) is 12.2 Å². The van der Waals surface area contributed by atoms with Crippen LogP contribution in [-0.4, -0.2) is 24.3 Å². The van der Waals surface area contributed by atoms with Crippen LogP contribution in [0, 0.1) is 11.3 Å². The Hall–Kier alpha value is -0.590. The van der Waals surface area contributed by atoms with Crippen molar-refractivity contribution >= 4 is 0 Å². The van der Waals surface area contributed by atoms with Crippen LogP contribution in [0.5, 0.6) is 0 Å². The van der Waals surface area contributed by atoms with Gasteiger partial charge in [0.25, 0.3) is 0 Å². The van der Waals surface area contributed by atoms with Crippen molar-refractivity contribution in [3.8, 4) is 6.07 Å². The van der Waals surface area contributed by atoms with Crippen LogP contribution in [0.2, 0.25) is 0 Å². The van der Waals surface area contributed by atoms with Crippen LogP contribution in [0.4, 0.5) is 0 Å². The fraction of sp³-hybridized carbons (Fsp3) is 0.923. The summed E-state index contributed by atoms with van der Waals surface area (Å²) in [6, 6.07) is 2.88. The van der Waals surface area contributed by atoms with E-state index in [4.69, 9.17) is 4.74 Å². The van der Waals surface area contributed by atoms with E-state index in [0.717, 1.165) is 32.1 Å². The second kappa shape index (κ2) is 6.22. The van der Waals surface area contributed by atoms with Crippen molar-refractivity contribution in [3.05, 3.63) is 0 Å². The quantitative estimate of drug-likeness (QED) is 0.780. The Morgan fingerprint density at radius 1 is 1.56 bits per heavy atom. The SMILES string of the molecule is CCCC1CC(C#N)(NC(C)CC)CCO1. The lowest BCUT2D eigenvalue weighted by molar-refractivity contribution is -0.0207. The molecule has 92 valence electrons. The van der Waals surface area contributed by atoms with Gasteiger partial charge in [-0.1, -0.05) is 20.3 Å². The largest absolute Gasteiger partial charge is 0.378 e. The topological polar surface area (TPSA) is 45.0 Å². The van der Waals surface area contributed by atoms with Crippen LogP contribution < -0.4 is 5.32 Å². The molecule has 1 aliphatic heterocycles. The Morgan fingerprint density at radius 3 is 2.88 bits per heavy atom. The first-order valence-electron chi connectivity index (χ1n) is 6.46. The van der Waals surface area contributed by atoms with E-state index in [-0.39, 0.29) is 11.6 Å². The maximum absolute atomic E-state index is 9.40. The second-order valence-corrected chi connectivity index (χ2v) is 4.88. The van der Waals surface area contributed by atoms with Gasteiger partial charge in [-0.15, -0.1) is 0 Å². The molecule has 1 fully saturated rings. The molecule has 0 amide bonds. The first-order chi connectivity index (χ1) is 7.65. The number of nitrogens with zero attached hydrogens (tertiary/aromatic N) is 1. The molecule has 0 aliphatic carbocycles. The van der Waals surface area contributed by atoms with Gasteiger partial charge >= 0.3 is 0 Å². The van der Waals surface area contributed by atoms with Crippen LogP contribution in [0.15, 0.2) is 0 Å². The summed E-state index contributed by atoms with van der Waals surface area (Å²) in [5.41, 5.74) is -0.354. The van der Waals surface area contributed by atoms with Gasteiger partial charge in [-0.3, -0.25) is 5.32 Å². The van der Waals surface area contributed by atoms with Crippen molar-refractivity contribution in [3.63, 3.8) is 0 Å². The lowest BCUT2D eigenvalue weighted by Crippen LogP contribution is -2.53. The van der Waals surface area contributed by atoms with Crippen LogP contribution in [0.3, 0.4) is 0 Å². The molecule has 1 aliphatic rings. The Morgan fingerprint density at radius 2 is 2.31 bits per heavy atom. The van der Waals surface area contributed by atoms with E-state index in [1.807, 2.05) is 0 Å². The fourth-order valence-electron chi connectivity index (χ4n) is 2.30. The molecular weight excluding hydrogens is 200 g/mol. The molecule has 1 saturated heterocycles. The third kappa shape index (κ3) is 3.47. The van der Waals surface area contributed by atoms with Crippen LogP contribution in [-0.2, 0) is 4.74 Å². The predicted octanol–water partition coefficient (Wildman–Crippen LogP) is 2.62. The lowest BCUT2D eigenvalue weighted by Gasteiger charge is -2.38. The molecule has 0 aromatic rings. The van der Waals surface area contributed by atoms with Gasteiger partial charge in [-0.05, 0) is 19.8 Å². The van der Waals surface area contributed by atoms with Crippen LogP contribution in [0.1, 0.15) is 52.9 Å². The molecule has 3 nitrogen and oxygen atoms in total. The number of hydrogen-bond acceptors (Lipinski definition) is 3. The zero-order valence-electron chi connectivity index (χ0n) is 10.8. The van der Waals surface area contributed by atoms with Gasteiger partial charge < -0.3 is 4.74 Å². The van der Waals surface area contributed by atoms with Gasteiger partial charge in [-0.2, -0.15) is 5.26 Å². The predicted molar refractivity (Wildman–Crippen MR) is 65.1 cm³/mol. The number of ether oxygens (including phenoxy) is 1. The van der Waals surface area contributed by atoms with Crippen LogP contribution in [0.25, 0.3) is 0 Å². The minimum atomic E-state index is -0.354. The molecule has 0 radical (unpaired) electrons. The zero-order valence-corrected chi connectivity index (χ0v) is 10.8. The van der Waals surface area contributed by atoms with Gasteiger partial charge in [0.2, 0.25) is 0 Å². The molecule has 1 N–H and O–H groups in total. The van der Waals surface area contributed by atoms with Crippen molar-refractivity contribution in [2.45, 2.75) is 70.6 Å². The Bertz CT molecular complexity index is 247. The van der Waals surface area contributed by atoms with E-state index in [2.05, 4.69) is 32.2 Å². The molecule has 0 spiro atoms. The third-order valence-corrected chi connectivity index (χ3v) is 3.42. The molecule has 0 bridgehead atoms. The highest BCUT2D eigenvalue weighted by Crippen LogP contribution is 2.27. The molecule has 16 heavy (non-hydrogen) atoms. The summed E-state index contributed by atoms with van der Waals surface area (Å²) in [5, 5.41) is 12.9. The van der Waals surface area contributed by atoms with Gasteiger partial charge in [-0.25, -0.2) is 0 Å². The van der Waals surface area contributed by atoms with E-state index < -0.39 is 0 Å². The summed E-state index contributed by atoms with van der Waals surface area (Å²) in [5.74, 6) is 0. The highest BCUT2D eigenvalue weighted by molar-refractivity contribution is 5.10. The van der Waals surface area contributed by atoms with Gasteiger partial charge in [0, 0.05) is 25.5 Å². The Balaban J connectivity index is 2.61. The van der Waals surface area contributed by atoms with Crippen molar-refractivity contribution in [1.29, 1.82) is 5.26 Å². The van der Waals surface area contributed by atoms with Gasteiger partial charge in [0.15, 0.2) is 0 Å². The van der Waals surface area contributed by atoms with Crippen molar-refractivity contribution < 1.29 is 4.74 Å². The summed E-state index contributed by atoms with van der Waals surface area (Å²) < 4.78 is 5.70. The van der Waals surface area contributed by atoms with Crippen LogP contribution >= 0.6 is 0 Å². The third-order valence-electron chi connectivity index (χ3n) is 3.42. The van der Waals surface area contributed by atoms with Crippen molar-refractivity contribution in [1.82, 2.24) is 5.32 Å². The lowest BCUT2D eigenvalue weighted by atomic mass is 9.86. The van der Waals surface area contributed by atoms with E-state index in [1.165, 1.54) is 0 Å². The molecule has 3 heteroatoms. The molecule has 3 atom stereocenters. The number of hydrogen-bond donors (Lipinski definition) is 1. The Labute approximate surface area is 99.2 Å². The van der Waals surface area contributed by atoms with Crippen molar-refractivity contribution in [2.24, 2.45) is 0 Å². The normalized spacial score (nSPS) is 32.0. The molecule has 0 saturated carbocycles. The van der Waals surface area contributed by atoms with E-state index in [1.54, 1.807) is 0 Å². The summed E-state index contributed by atoms with van der Waals surface area (Å²) in [7, 11) is 0. The highest BCUT2D eigenvalue weighted by Gasteiger charge is 2.37. The number of nitrogens with one attached hydrogen (secondary N) is 1. The highest BCUT2D eigenvalue weighted by atomic mass is 16.5. The standard InChI is InChI=1S/C13H24N2O/c1-4-6-12-9-13(10-14,7-8-16-12)15-11(3)5-2/h11-12,15H,4-9H2,1-3H3. The molecule has 3 unspecified atom stereocenters. The molecule has 1 rings (SSSR count). The summed E-state index contributed by atoms with van der Waals surface area (Å²) >= 11 is 0. The minimum Gasteiger partial charge on any atom is -0.378 e. The second-order valence-electron chi connectivity index (χ2n) is 4.88.